The number of anilines is 1. The van der Waals surface area contributed by atoms with E-state index in [-0.39, 0.29) is 0 Å². The van der Waals surface area contributed by atoms with Crippen molar-refractivity contribution in [3.05, 3.63) is 18.2 Å². The fourth-order valence-electron chi connectivity index (χ4n) is 3.41. The van der Waals surface area contributed by atoms with Crippen LogP contribution >= 0.6 is 0 Å². The maximum absolute atomic E-state index is 4.43. The number of piperidine rings is 1. The molecule has 6 heteroatoms. The molecule has 19 heavy (non-hydrogen) atoms. The highest BCUT2D eigenvalue weighted by Crippen LogP contribution is 2.28. The molecule has 2 unspecified atom stereocenters. The molecule has 6 nitrogen and oxygen atoms in total. The fraction of sp³-hybridized carbons (Fsp3) is 0.615. The Morgan fingerprint density at radius 2 is 2.05 bits per heavy atom. The van der Waals surface area contributed by atoms with Crippen molar-refractivity contribution >= 4 is 11.5 Å². The first-order valence-electron chi connectivity index (χ1n) is 6.98. The number of hydrogen-bond donors (Lipinski definition) is 2. The van der Waals surface area contributed by atoms with Crippen LogP contribution in [0.4, 0.5) is 5.82 Å². The lowest BCUT2D eigenvalue weighted by Crippen LogP contribution is -2.43. The van der Waals surface area contributed by atoms with Crippen molar-refractivity contribution in [1.29, 1.82) is 0 Å². The average Bonchev–Trinajstić information content (AvgIpc) is 2.95. The van der Waals surface area contributed by atoms with Crippen LogP contribution in [-0.4, -0.2) is 37.7 Å². The van der Waals surface area contributed by atoms with E-state index in [4.69, 9.17) is 0 Å². The standard InChI is InChI=1S/C13H18N6/c1-8-17-18-13-12(14-4-5-19(8)13)16-11-6-9-2-3-10(7-11)15-9/h4-5,9-11,15H,2-3,6-7H2,1H3,(H,14,16). The smallest absolute Gasteiger partial charge is 0.203 e. The Hall–Kier alpha value is -1.69. The predicted molar refractivity (Wildman–Crippen MR) is 72.1 cm³/mol. The molecule has 2 N–H and O–H groups in total. The molecule has 0 aliphatic carbocycles. The highest BCUT2D eigenvalue weighted by atomic mass is 15.3. The van der Waals surface area contributed by atoms with E-state index >= 15 is 0 Å². The summed E-state index contributed by atoms with van der Waals surface area (Å²) in [6.07, 6.45) is 8.68. The fourth-order valence-corrected chi connectivity index (χ4v) is 3.41. The van der Waals surface area contributed by atoms with Gasteiger partial charge >= 0.3 is 0 Å². The Morgan fingerprint density at radius 3 is 2.84 bits per heavy atom. The molecule has 0 aromatic carbocycles. The van der Waals surface area contributed by atoms with Crippen LogP contribution in [0.25, 0.3) is 5.65 Å². The van der Waals surface area contributed by atoms with E-state index in [1.165, 1.54) is 25.7 Å². The highest BCUT2D eigenvalue weighted by Gasteiger charge is 2.33. The lowest BCUT2D eigenvalue weighted by molar-refractivity contribution is 0.378. The summed E-state index contributed by atoms with van der Waals surface area (Å²) in [6, 6.07) is 1.85. The number of fused-ring (bicyclic) bond motifs is 3. The highest BCUT2D eigenvalue weighted by molar-refractivity contribution is 5.62. The predicted octanol–water partition coefficient (Wildman–Crippen LogP) is 1.13. The second-order valence-electron chi connectivity index (χ2n) is 5.67. The van der Waals surface area contributed by atoms with Crippen molar-refractivity contribution in [2.24, 2.45) is 0 Å². The van der Waals surface area contributed by atoms with E-state index in [0.29, 0.717) is 18.1 Å². The minimum Gasteiger partial charge on any atom is -0.364 e. The number of aryl methyl sites for hydroxylation is 1. The molecule has 2 saturated heterocycles. The van der Waals surface area contributed by atoms with Gasteiger partial charge in [0.25, 0.3) is 0 Å². The first-order valence-corrected chi connectivity index (χ1v) is 6.98. The molecule has 2 aliphatic heterocycles. The molecule has 100 valence electrons. The van der Waals surface area contributed by atoms with E-state index in [2.05, 4.69) is 25.8 Å². The Balaban J connectivity index is 1.61. The van der Waals surface area contributed by atoms with Crippen molar-refractivity contribution in [1.82, 2.24) is 24.9 Å². The van der Waals surface area contributed by atoms with Crippen LogP contribution in [0.2, 0.25) is 0 Å². The molecule has 4 rings (SSSR count). The number of hydrogen-bond acceptors (Lipinski definition) is 5. The molecule has 2 bridgehead atoms. The summed E-state index contributed by atoms with van der Waals surface area (Å²) in [5, 5.41) is 15.5. The van der Waals surface area contributed by atoms with E-state index < -0.39 is 0 Å². The van der Waals surface area contributed by atoms with Crippen molar-refractivity contribution in [2.45, 2.75) is 50.7 Å². The Labute approximate surface area is 111 Å². The third-order valence-electron chi connectivity index (χ3n) is 4.31. The minimum absolute atomic E-state index is 0.495. The Morgan fingerprint density at radius 1 is 1.26 bits per heavy atom. The van der Waals surface area contributed by atoms with E-state index in [1.54, 1.807) is 6.20 Å². The second kappa shape index (κ2) is 4.16. The van der Waals surface area contributed by atoms with Gasteiger partial charge < -0.3 is 10.6 Å². The van der Waals surface area contributed by atoms with Crippen molar-refractivity contribution < 1.29 is 0 Å². The molecule has 2 aromatic rings. The largest absolute Gasteiger partial charge is 0.364 e. The lowest BCUT2D eigenvalue weighted by atomic mass is 10.00. The third-order valence-corrected chi connectivity index (χ3v) is 4.31. The van der Waals surface area contributed by atoms with Gasteiger partial charge in [-0.05, 0) is 32.6 Å². The van der Waals surface area contributed by atoms with Gasteiger partial charge in [0.05, 0.1) is 0 Å². The minimum atomic E-state index is 0.495. The summed E-state index contributed by atoms with van der Waals surface area (Å²) in [5.74, 6) is 1.75. The van der Waals surface area contributed by atoms with Crippen LogP contribution in [0.5, 0.6) is 0 Å². The summed E-state index contributed by atoms with van der Waals surface area (Å²) in [7, 11) is 0. The molecular formula is C13H18N6. The van der Waals surface area contributed by atoms with Gasteiger partial charge in [-0.2, -0.15) is 0 Å². The van der Waals surface area contributed by atoms with Gasteiger partial charge in [0.2, 0.25) is 5.65 Å². The van der Waals surface area contributed by atoms with Crippen molar-refractivity contribution in [2.75, 3.05) is 5.32 Å². The van der Waals surface area contributed by atoms with Crippen LogP contribution < -0.4 is 10.6 Å². The molecule has 2 atom stereocenters. The SMILES string of the molecule is Cc1nnc2c(NC3CC4CCC(C3)N4)nccn12. The molecule has 2 aromatic heterocycles. The van der Waals surface area contributed by atoms with Gasteiger partial charge in [-0.1, -0.05) is 0 Å². The molecule has 0 saturated carbocycles. The summed E-state index contributed by atoms with van der Waals surface area (Å²) in [5.41, 5.74) is 0.825. The first kappa shape index (κ1) is 11.2. The molecule has 0 spiro atoms. The summed E-state index contributed by atoms with van der Waals surface area (Å²) < 4.78 is 1.98. The maximum atomic E-state index is 4.43. The van der Waals surface area contributed by atoms with E-state index in [9.17, 15) is 0 Å². The summed E-state index contributed by atoms with van der Waals surface area (Å²) in [6.45, 7) is 1.95. The van der Waals surface area contributed by atoms with Gasteiger partial charge in [-0.3, -0.25) is 4.40 Å². The van der Waals surface area contributed by atoms with E-state index in [1.807, 2.05) is 17.5 Å². The zero-order valence-electron chi connectivity index (χ0n) is 11.0. The van der Waals surface area contributed by atoms with Crippen LogP contribution in [0.1, 0.15) is 31.5 Å². The van der Waals surface area contributed by atoms with Gasteiger partial charge in [-0.25, -0.2) is 4.98 Å². The monoisotopic (exact) mass is 258 g/mol. The number of aromatic nitrogens is 4. The van der Waals surface area contributed by atoms with Crippen LogP contribution in [-0.2, 0) is 0 Å². The lowest BCUT2D eigenvalue weighted by Gasteiger charge is -2.30. The number of nitrogens with zero attached hydrogens (tertiary/aromatic N) is 4. The molecule has 0 radical (unpaired) electrons. The van der Waals surface area contributed by atoms with Gasteiger partial charge in [0, 0.05) is 30.5 Å². The molecule has 0 amide bonds. The zero-order chi connectivity index (χ0) is 12.8. The van der Waals surface area contributed by atoms with Gasteiger partial charge in [0.15, 0.2) is 5.82 Å². The van der Waals surface area contributed by atoms with Crippen molar-refractivity contribution in [3.63, 3.8) is 0 Å². The summed E-state index contributed by atoms with van der Waals surface area (Å²) in [4.78, 5) is 4.43. The Bertz CT molecular complexity index is 594. The average molecular weight is 258 g/mol. The zero-order valence-corrected chi connectivity index (χ0v) is 11.0. The molecule has 4 heterocycles. The molecule has 2 fully saturated rings. The van der Waals surface area contributed by atoms with Crippen LogP contribution in [0.15, 0.2) is 12.4 Å². The van der Waals surface area contributed by atoms with Gasteiger partial charge in [-0.15, -0.1) is 10.2 Å². The quantitative estimate of drug-likeness (QED) is 0.845. The van der Waals surface area contributed by atoms with Crippen LogP contribution in [0.3, 0.4) is 0 Å². The third kappa shape index (κ3) is 1.87. The van der Waals surface area contributed by atoms with Gasteiger partial charge in [0.1, 0.15) is 5.82 Å². The molecule has 2 aliphatic rings. The van der Waals surface area contributed by atoms with Crippen LogP contribution in [0, 0.1) is 6.92 Å². The van der Waals surface area contributed by atoms with E-state index in [0.717, 1.165) is 17.3 Å². The van der Waals surface area contributed by atoms with Crippen molar-refractivity contribution in [3.8, 4) is 0 Å². The number of rotatable bonds is 2. The normalized spacial score (nSPS) is 29.8. The first-order chi connectivity index (χ1) is 9.29. The second-order valence-corrected chi connectivity index (χ2v) is 5.67. The molecular weight excluding hydrogens is 240 g/mol. The maximum Gasteiger partial charge on any atom is 0.203 e. The number of nitrogens with one attached hydrogen (secondary N) is 2. The Kier molecular flexibility index (Phi) is 2.44. The topological polar surface area (TPSA) is 67.1 Å². The summed E-state index contributed by atoms with van der Waals surface area (Å²) >= 11 is 0.